The number of anilines is 1. The van der Waals surface area contributed by atoms with E-state index in [1.807, 2.05) is 12.1 Å². The Bertz CT molecular complexity index is 414. The minimum atomic E-state index is 0.468. The lowest BCUT2D eigenvalue weighted by atomic mass is 9.83. The molecule has 0 aliphatic heterocycles. The number of pyridine rings is 1. The zero-order chi connectivity index (χ0) is 12.1. The van der Waals surface area contributed by atoms with Crippen LogP contribution in [-0.4, -0.2) is 11.5 Å². The van der Waals surface area contributed by atoms with Crippen molar-refractivity contribution in [1.29, 1.82) is 5.26 Å². The number of rotatable bonds is 4. The van der Waals surface area contributed by atoms with Crippen LogP contribution in [-0.2, 0) is 0 Å². The van der Waals surface area contributed by atoms with Crippen molar-refractivity contribution in [2.24, 2.45) is 5.41 Å². The van der Waals surface area contributed by atoms with Gasteiger partial charge in [-0.25, -0.2) is 4.98 Å². The van der Waals surface area contributed by atoms with Gasteiger partial charge in [0, 0.05) is 18.4 Å². The van der Waals surface area contributed by atoms with Crippen molar-refractivity contribution >= 4 is 5.69 Å². The van der Waals surface area contributed by atoms with Gasteiger partial charge in [-0.2, -0.15) is 5.26 Å². The van der Waals surface area contributed by atoms with E-state index in [0.29, 0.717) is 11.1 Å². The van der Waals surface area contributed by atoms with Crippen molar-refractivity contribution < 1.29 is 0 Å². The minimum Gasteiger partial charge on any atom is -0.384 e. The van der Waals surface area contributed by atoms with E-state index in [4.69, 9.17) is 5.26 Å². The van der Waals surface area contributed by atoms with E-state index in [1.165, 1.54) is 32.1 Å². The third kappa shape index (κ3) is 2.76. The molecule has 0 saturated heterocycles. The van der Waals surface area contributed by atoms with Crippen molar-refractivity contribution in [3.63, 3.8) is 0 Å². The lowest BCUT2D eigenvalue weighted by molar-refractivity contribution is 0.307. The second-order valence-corrected chi connectivity index (χ2v) is 4.96. The third-order valence-corrected chi connectivity index (χ3v) is 3.96. The number of hydrogen-bond donors (Lipinski definition) is 1. The summed E-state index contributed by atoms with van der Waals surface area (Å²) in [7, 11) is 0. The first kappa shape index (κ1) is 11.9. The highest BCUT2D eigenvalue weighted by Crippen LogP contribution is 2.40. The van der Waals surface area contributed by atoms with E-state index in [0.717, 1.165) is 12.2 Å². The summed E-state index contributed by atoms with van der Waals surface area (Å²) >= 11 is 0. The zero-order valence-corrected chi connectivity index (χ0v) is 10.4. The van der Waals surface area contributed by atoms with Crippen molar-refractivity contribution in [3.8, 4) is 6.07 Å². The average Bonchev–Trinajstić information content (AvgIpc) is 2.86. The molecule has 3 heteroatoms. The third-order valence-electron chi connectivity index (χ3n) is 3.96. The smallest absolute Gasteiger partial charge is 0.142 e. The van der Waals surface area contributed by atoms with Crippen molar-refractivity contribution in [2.75, 3.05) is 11.9 Å². The van der Waals surface area contributed by atoms with Crippen LogP contribution >= 0.6 is 0 Å². The van der Waals surface area contributed by atoms with Crippen LogP contribution in [0, 0.1) is 16.7 Å². The number of hydrogen-bond acceptors (Lipinski definition) is 3. The fraction of sp³-hybridized carbons (Fsp3) is 0.571. The molecule has 1 fully saturated rings. The summed E-state index contributed by atoms with van der Waals surface area (Å²) in [5.74, 6) is 0. The van der Waals surface area contributed by atoms with Gasteiger partial charge in [-0.3, -0.25) is 0 Å². The molecule has 1 saturated carbocycles. The molecule has 0 radical (unpaired) electrons. The average molecular weight is 229 g/mol. The molecule has 1 aromatic heterocycles. The largest absolute Gasteiger partial charge is 0.384 e. The predicted octanol–water partition coefficient (Wildman–Crippen LogP) is 3.34. The van der Waals surface area contributed by atoms with Crippen LogP contribution in [0.2, 0.25) is 0 Å². The highest BCUT2D eigenvalue weighted by atomic mass is 14.9. The molecule has 2 rings (SSSR count). The van der Waals surface area contributed by atoms with Gasteiger partial charge in [-0.05, 0) is 36.8 Å². The molecule has 0 aromatic carbocycles. The van der Waals surface area contributed by atoms with Crippen molar-refractivity contribution in [3.05, 3.63) is 24.0 Å². The second kappa shape index (κ2) is 5.18. The Morgan fingerprint density at radius 3 is 2.88 bits per heavy atom. The summed E-state index contributed by atoms with van der Waals surface area (Å²) in [6.07, 6.45) is 8.29. The summed E-state index contributed by atoms with van der Waals surface area (Å²) in [5, 5.41) is 12.3. The minimum absolute atomic E-state index is 0.468. The molecule has 1 aliphatic carbocycles. The summed E-state index contributed by atoms with van der Waals surface area (Å²) in [6, 6.07) is 5.82. The second-order valence-electron chi connectivity index (χ2n) is 4.96. The van der Waals surface area contributed by atoms with Gasteiger partial charge in [0.05, 0.1) is 0 Å². The number of nitrogens with one attached hydrogen (secondary N) is 1. The molecule has 0 bridgehead atoms. The summed E-state index contributed by atoms with van der Waals surface area (Å²) in [6.45, 7) is 3.29. The Balaban J connectivity index is 1.99. The van der Waals surface area contributed by atoms with Crippen LogP contribution in [0.3, 0.4) is 0 Å². The molecular weight excluding hydrogens is 210 g/mol. The molecule has 0 amide bonds. The van der Waals surface area contributed by atoms with Crippen LogP contribution in [0.5, 0.6) is 0 Å². The Morgan fingerprint density at radius 1 is 1.47 bits per heavy atom. The van der Waals surface area contributed by atoms with Gasteiger partial charge >= 0.3 is 0 Å². The number of nitriles is 1. The van der Waals surface area contributed by atoms with Crippen LogP contribution in [0.4, 0.5) is 5.69 Å². The van der Waals surface area contributed by atoms with E-state index >= 15 is 0 Å². The molecule has 3 nitrogen and oxygen atoms in total. The number of aromatic nitrogens is 1. The monoisotopic (exact) mass is 229 g/mol. The van der Waals surface area contributed by atoms with Crippen LogP contribution < -0.4 is 5.32 Å². The topological polar surface area (TPSA) is 48.7 Å². The van der Waals surface area contributed by atoms with E-state index < -0.39 is 0 Å². The molecule has 1 aliphatic rings. The maximum absolute atomic E-state index is 8.80. The van der Waals surface area contributed by atoms with Crippen molar-refractivity contribution in [2.45, 2.75) is 39.0 Å². The molecule has 1 heterocycles. The standard InChI is InChI=1S/C14H19N3/c1-2-14(6-3-4-7-14)11-17-12-5-8-16-13(9-12)10-15/h5,8-9H,2-4,6-7,11H2,1H3,(H,16,17). The normalized spacial score (nSPS) is 17.6. The van der Waals surface area contributed by atoms with Crippen LogP contribution in [0.25, 0.3) is 0 Å². The lowest BCUT2D eigenvalue weighted by Gasteiger charge is -2.28. The quantitative estimate of drug-likeness (QED) is 0.861. The Morgan fingerprint density at radius 2 is 2.24 bits per heavy atom. The van der Waals surface area contributed by atoms with Gasteiger partial charge in [0.2, 0.25) is 0 Å². The molecule has 0 unspecified atom stereocenters. The lowest BCUT2D eigenvalue weighted by Crippen LogP contribution is -2.25. The molecule has 1 aromatic rings. The molecule has 1 N–H and O–H groups in total. The fourth-order valence-corrected chi connectivity index (χ4v) is 2.67. The van der Waals surface area contributed by atoms with Gasteiger partial charge in [-0.15, -0.1) is 0 Å². The van der Waals surface area contributed by atoms with Gasteiger partial charge in [0.25, 0.3) is 0 Å². The first-order valence-corrected chi connectivity index (χ1v) is 6.38. The molecule has 0 spiro atoms. The Labute approximate surface area is 103 Å². The van der Waals surface area contributed by atoms with E-state index in [1.54, 1.807) is 6.20 Å². The zero-order valence-electron chi connectivity index (χ0n) is 10.4. The molecular formula is C14H19N3. The highest BCUT2D eigenvalue weighted by molar-refractivity contribution is 5.46. The first-order chi connectivity index (χ1) is 8.28. The Kier molecular flexibility index (Phi) is 3.63. The summed E-state index contributed by atoms with van der Waals surface area (Å²) in [5.41, 5.74) is 1.96. The van der Waals surface area contributed by atoms with Crippen LogP contribution in [0.15, 0.2) is 18.3 Å². The summed E-state index contributed by atoms with van der Waals surface area (Å²) < 4.78 is 0. The predicted molar refractivity (Wildman–Crippen MR) is 68.6 cm³/mol. The van der Waals surface area contributed by atoms with Gasteiger partial charge < -0.3 is 5.32 Å². The number of nitrogens with zero attached hydrogens (tertiary/aromatic N) is 2. The molecule has 17 heavy (non-hydrogen) atoms. The molecule has 0 atom stereocenters. The maximum atomic E-state index is 8.80. The van der Waals surface area contributed by atoms with E-state index in [2.05, 4.69) is 23.3 Å². The highest BCUT2D eigenvalue weighted by Gasteiger charge is 2.31. The van der Waals surface area contributed by atoms with Crippen LogP contribution in [0.1, 0.15) is 44.7 Å². The van der Waals surface area contributed by atoms with Gasteiger partial charge in [0.15, 0.2) is 0 Å². The van der Waals surface area contributed by atoms with Gasteiger partial charge in [0.1, 0.15) is 11.8 Å². The first-order valence-electron chi connectivity index (χ1n) is 6.38. The fourth-order valence-electron chi connectivity index (χ4n) is 2.67. The van der Waals surface area contributed by atoms with Crippen molar-refractivity contribution in [1.82, 2.24) is 4.98 Å². The maximum Gasteiger partial charge on any atom is 0.142 e. The SMILES string of the molecule is CCC1(CNc2ccnc(C#N)c2)CCCC1. The molecule has 90 valence electrons. The van der Waals surface area contributed by atoms with Gasteiger partial charge in [-0.1, -0.05) is 19.8 Å². The Hall–Kier alpha value is -1.56. The summed E-state index contributed by atoms with van der Waals surface area (Å²) in [4.78, 5) is 3.97. The van der Waals surface area contributed by atoms with E-state index in [9.17, 15) is 0 Å². The van der Waals surface area contributed by atoms with E-state index in [-0.39, 0.29) is 0 Å².